The third-order valence-electron chi connectivity index (χ3n) is 5.72. The number of hydrogen-bond donors (Lipinski definition) is 0. The summed E-state index contributed by atoms with van der Waals surface area (Å²) in [6.45, 7) is 5.62. The zero-order valence-electron chi connectivity index (χ0n) is 16.5. The maximum atomic E-state index is 14.0. The van der Waals surface area contributed by atoms with Gasteiger partial charge in [-0.2, -0.15) is 5.26 Å². The predicted molar refractivity (Wildman–Crippen MR) is 108 cm³/mol. The summed E-state index contributed by atoms with van der Waals surface area (Å²) in [5.74, 6) is 0.561. The van der Waals surface area contributed by atoms with Gasteiger partial charge >= 0.3 is 0 Å². The fourth-order valence-corrected chi connectivity index (χ4v) is 4.32. The number of ketones is 1. The van der Waals surface area contributed by atoms with Gasteiger partial charge in [0.2, 0.25) is 5.91 Å². The van der Waals surface area contributed by atoms with E-state index in [0.29, 0.717) is 23.8 Å². The average molecular weight is 384 g/mol. The molecule has 0 saturated carbocycles. The molecule has 144 valence electrons. The first-order valence-electron chi connectivity index (χ1n) is 9.38. The number of Topliss-reactive ketones (excluding diaryl/α,β-unsaturated/α-hetero) is 1. The quantitative estimate of drug-likeness (QED) is 0.743. The van der Waals surface area contributed by atoms with Crippen molar-refractivity contribution in [3.63, 3.8) is 0 Å². The topological polar surface area (TPSA) is 87.0 Å². The van der Waals surface area contributed by atoms with Crippen LogP contribution in [-0.2, 0) is 15.0 Å². The minimum absolute atomic E-state index is 0.00470. The Bertz CT molecular complexity index is 1130. The number of fused-ring (bicyclic) bond motifs is 1. The van der Waals surface area contributed by atoms with Gasteiger partial charge in [-0.15, -0.1) is 0 Å². The Morgan fingerprint density at radius 1 is 1.14 bits per heavy atom. The Morgan fingerprint density at radius 3 is 2.52 bits per heavy atom. The van der Waals surface area contributed by atoms with Crippen molar-refractivity contribution in [2.24, 2.45) is 5.41 Å². The summed E-state index contributed by atoms with van der Waals surface area (Å²) < 4.78 is 0. The van der Waals surface area contributed by atoms with E-state index in [4.69, 9.17) is 0 Å². The number of benzene rings is 1. The van der Waals surface area contributed by atoms with E-state index in [1.54, 1.807) is 37.9 Å². The molecule has 0 bridgehead atoms. The van der Waals surface area contributed by atoms with E-state index in [0.717, 1.165) is 5.56 Å². The Labute approximate surface area is 169 Å². The highest BCUT2D eigenvalue weighted by Crippen LogP contribution is 2.52. The van der Waals surface area contributed by atoms with Crippen molar-refractivity contribution in [2.75, 3.05) is 11.4 Å². The lowest BCUT2D eigenvalue weighted by molar-refractivity contribution is -0.125. The van der Waals surface area contributed by atoms with Gasteiger partial charge < -0.3 is 0 Å². The van der Waals surface area contributed by atoms with E-state index < -0.39 is 10.8 Å². The number of aromatic nitrogens is 2. The molecule has 2 heterocycles. The highest BCUT2D eigenvalue weighted by molar-refractivity contribution is 6.14. The third-order valence-corrected chi connectivity index (χ3v) is 5.72. The molecule has 6 heteroatoms. The number of nitriles is 1. The van der Waals surface area contributed by atoms with Crippen molar-refractivity contribution in [1.29, 1.82) is 5.26 Å². The Kier molecular flexibility index (Phi) is 4.20. The summed E-state index contributed by atoms with van der Waals surface area (Å²) in [5, 5.41) is 9.65. The van der Waals surface area contributed by atoms with E-state index in [2.05, 4.69) is 9.97 Å². The van der Waals surface area contributed by atoms with E-state index >= 15 is 0 Å². The smallest absolute Gasteiger partial charge is 0.247 e. The summed E-state index contributed by atoms with van der Waals surface area (Å²) in [4.78, 5) is 37.1. The molecule has 0 N–H and O–H groups in total. The molecule has 1 atom stereocenters. The van der Waals surface area contributed by atoms with Crippen LogP contribution in [0, 0.1) is 23.7 Å². The second kappa shape index (κ2) is 6.49. The number of aryl methyl sites for hydroxylation is 1. The van der Waals surface area contributed by atoms with Crippen molar-refractivity contribution in [1.82, 2.24) is 9.97 Å². The minimum atomic E-state index is -1.24. The summed E-state index contributed by atoms with van der Waals surface area (Å²) in [6.07, 6.45) is 5.07. The SMILES string of the molecule is Cc1nccc(N2CC=C3C(C)(C)C(=O)C(C#N)=C[C@@]3(c3ccccc3)C2=O)n1. The van der Waals surface area contributed by atoms with Crippen molar-refractivity contribution in [3.8, 4) is 6.07 Å². The average Bonchev–Trinajstić information content (AvgIpc) is 2.72. The molecular formula is C23H20N4O2. The molecule has 1 amide bonds. The highest BCUT2D eigenvalue weighted by Gasteiger charge is 2.57. The maximum Gasteiger partial charge on any atom is 0.247 e. The number of carbonyl (C=O) groups excluding carboxylic acids is 2. The Hall–Kier alpha value is -3.59. The van der Waals surface area contributed by atoms with Crippen molar-refractivity contribution in [2.45, 2.75) is 26.2 Å². The van der Waals surface area contributed by atoms with Crippen molar-refractivity contribution >= 4 is 17.5 Å². The van der Waals surface area contributed by atoms with Crippen LogP contribution in [0.4, 0.5) is 5.82 Å². The standard InChI is InChI=1S/C23H20N4O2/c1-15-25-11-9-19(26-15)27-12-10-18-22(2,3)20(28)16(14-24)13-23(18,21(27)29)17-7-5-4-6-8-17/h4-11,13H,12H2,1-3H3/t23-/m0/s1. The molecular weight excluding hydrogens is 364 g/mol. The van der Waals surface area contributed by atoms with E-state index in [1.807, 2.05) is 42.5 Å². The van der Waals surface area contributed by atoms with Crippen LogP contribution >= 0.6 is 0 Å². The molecule has 0 radical (unpaired) electrons. The molecule has 1 aliphatic heterocycles. The number of anilines is 1. The summed E-state index contributed by atoms with van der Waals surface area (Å²) in [5.41, 5.74) is -0.780. The van der Waals surface area contributed by atoms with Gasteiger partial charge in [-0.3, -0.25) is 14.5 Å². The molecule has 0 unspecified atom stereocenters. The molecule has 2 aromatic rings. The van der Waals surface area contributed by atoms with Gasteiger partial charge in [0.15, 0.2) is 5.78 Å². The van der Waals surface area contributed by atoms with Gasteiger partial charge in [0, 0.05) is 12.7 Å². The molecule has 0 spiro atoms. The molecule has 1 aromatic carbocycles. The molecule has 0 fully saturated rings. The molecule has 1 aliphatic carbocycles. The molecule has 29 heavy (non-hydrogen) atoms. The summed E-state index contributed by atoms with van der Waals surface area (Å²) >= 11 is 0. The van der Waals surface area contributed by atoms with Crippen LogP contribution in [-0.4, -0.2) is 28.2 Å². The Morgan fingerprint density at radius 2 is 1.86 bits per heavy atom. The zero-order chi connectivity index (χ0) is 20.8. The van der Waals surface area contributed by atoms with Crippen LogP contribution in [0.25, 0.3) is 0 Å². The monoisotopic (exact) mass is 384 g/mol. The first kappa shape index (κ1) is 18.8. The van der Waals surface area contributed by atoms with Gasteiger partial charge in [0.1, 0.15) is 23.1 Å². The molecule has 6 nitrogen and oxygen atoms in total. The van der Waals surface area contributed by atoms with E-state index in [1.165, 1.54) is 6.08 Å². The number of nitrogens with zero attached hydrogens (tertiary/aromatic N) is 4. The van der Waals surface area contributed by atoms with Gasteiger partial charge in [-0.1, -0.05) is 36.4 Å². The lowest BCUT2D eigenvalue weighted by Gasteiger charge is -2.48. The van der Waals surface area contributed by atoms with Crippen molar-refractivity contribution in [3.05, 3.63) is 77.3 Å². The first-order valence-corrected chi connectivity index (χ1v) is 9.38. The normalized spacial score (nSPS) is 23.0. The van der Waals surface area contributed by atoms with E-state index in [9.17, 15) is 14.9 Å². The third kappa shape index (κ3) is 2.62. The van der Waals surface area contributed by atoms with Crippen LogP contribution in [0.1, 0.15) is 25.2 Å². The lowest BCUT2D eigenvalue weighted by Crippen LogP contribution is -2.57. The highest BCUT2D eigenvalue weighted by atomic mass is 16.2. The second-order valence-corrected chi connectivity index (χ2v) is 7.79. The summed E-state index contributed by atoms with van der Waals surface area (Å²) in [6, 6.07) is 13.0. The molecule has 1 aromatic heterocycles. The van der Waals surface area contributed by atoms with Crippen LogP contribution in [0.5, 0.6) is 0 Å². The number of hydrogen-bond acceptors (Lipinski definition) is 5. The van der Waals surface area contributed by atoms with Gasteiger partial charge in [-0.25, -0.2) is 9.97 Å². The number of amides is 1. The second-order valence-electron chi connectivity index (χ2n) is 7.79. The number of allylic oxidation sites excluding steroid dienone is 1. The fraction of sp³-hybridized carbons (Fsp3) is 0.261. The van der Waals surface area contributed by atoms with Crippen LogP contribution in [0.3, 0.4) is 0 Å². The van der Waals surface area contributed by atoms with Gasteiger partial charge in [0.05, 0.1) is 11.0 Å². The zero-order valence-corrected chi connectivity index (χ0v) is 16.5. The summed E-state index contributed by atoms with van der Waals surface area (Å²) in [7, 11) is 0. The van der Waals surface area contributed by atoms with Gasteiger partial charge in [-0.05, 0) is 44.1 Å². The van der Waals surface area contributed by atoms with Crippen LogP contribution in [0.15, 0.2) is 65.9 Å². The number of carbonyl (C=O) groups is 2. The molecule has 0 saturated heterocycles. The minimum Gasteiger partial charge on any atom is -0.292 e. The number of rotatable bonds is 2. The first-order chi connectivity index (χ1) is 13.8. The van der Waals surface area contributed by atoms with Crippen molar-refractivity contribution < 1.29 is 9.59 Å². The Balaban J connectivity index is 2.02. The molecule has 2 aliphatic rings. The van der Waals surface area contributed by atoms with Gasteiger partial charge in [0.25, 0.3) is 0 Å². The van der Waals surface area contributed by atoms with Crippen LogP contribution < -0.4 is 4.90 Å². The van der Waals surface area contributed by atoms with Crippen LogP contribution in [0.2, 0.25) is 0 Å². The predicted octanol–water partition coefficient (Wildman–Crippen LogP) is 3.05. The fourth-order valence-electron chi connectivity index (χ4n) is 4.32. The maximum absolute atomic E-state index is 14.0. The molecule has 4 rings (SSSR count). The van der Waals surface area contributed by atoms with E-state index in [-0.39, 0.29) is 17.3 Å². The largest absolute Gasteiger partial charge is 0.292 e. The lowest BCUT2D eigenvalue weighted by atomic mass is 9.56.